The zero-order valence-corrected chi connectivity index (χ0v) is 17.5. The Labute approximate surface area is 177 Å². The number of carbonyl (C=O) groups is 3. The first-order chi connectivity index (χ1) is 13.1. The molecule has 0 saturated heterocycles. The lowest BCUT2D eigenvalue weighted by atomic mass is 10.0. The predicted molar refractivity (Wildman–Crippen MR) is 109 cm³/mol. The highest BCUT2D eigenvalue weighted by atomic mass is 35.5. The van der Waals surface area contributed by atoms with E-state index < -0.39 is 22.5 Å². The summed E-state index contributed by atoms with van der Waals surface area (Å²) in [4.78, 5) is 36.0. The Morgan fingerprint density at radius 1 is 1.00 bits per heavy atom. The molecule has 0 heterocycles. The summed E-state index contributed by atoms with van der Waals surface area (Å²) in [5.41, 5.74) is 0.437. The molecule has 0 bridgehead atoms. The van der Waals surface area contributed by atoms with Crippen molar-refractivity contribution in [2.45, 2.75) is 11.9 Å². The number of halogens is 3. The van der Waals surface area contributed by atoms with E-state index in [0.717, 1.165) is 11.8 Å². The average Bonchev–Trinajstić information content (AvgIpc) is 2.65. The molecule has 0 aliphatic heterocycles. The summed E-state index contributed by atoms with van der Waals surface area (Å²) in [5, 5.41) is 8.23. The van der Waals surface area contributed by atoms with Gasteiger partial charge in [0, 0.05) is 24.7 Å². The molecule has 9 heteroatoms. The number of benzene rings is 2. The Kier molecular flexibility index (Phi) is 6.93. The van der Waals surface area contributed by atoms with Crippen LogP contribution in [0.1, 0.15) is 22.8 Å². The summed E-state index contributed by atoms with van der Waals surface area (Å²) in [5.74, 6) is -1.90. The summed E-state index contributed by atoms with van der Waals surface area (Å²) in [7, 11) is 2.87. The van der Waals surface area contributed by atoms with Gasteiger partial charge in [0.2, 0.25) is 0 Å². The van der Waals surface area contributed by atoms with Crippen LogP contribution >= 0.6 is 34.8 Å². The van der Waals surface area contributed by atoms with E-state index in [9.17, 15) is 14.4 Å². The maximum atomic E-state index is 12.9. The molecule has 146 valence electrons. The van der Waals surface area contributed by atoms with Gasteiger partial charge in [0.05, 0.1) is 16.3 Å². The van der Waals surface area contributed by atoms with Gasteiger partial charge in [0.1, 0.15) is 0 Å². The van der Waals surface area contributed by atoms with Gasteiger partial charge in [-0.15, -0.1) is 5.11 Å². The second kappa shape index (κ2) is 8.82. The van der Waals surface area contributed by atoms with Crippen molar-refractivity contribution in [2.75, 3.05) is 14.1 Å². The number of rotatable bonds is 6. The van der Waals surface area contributed by atoms with Gasteiger partial charge in [0.25, 0.3) is 10.9 Å². The van der Waals surface area contributed by atoms with E-state index in [1.807, 2.05) is 0 Å². The summed E-state index contributed by atoms with van der Waals surface area (Å²) >= 11 is 18.3. The zero-order chi connectivity index (χ0) is 21.1. The minimum atomic E-state index is -2.23. The van der Waals surface area contributed by atoms with Crippen LogP contribution in [0.3, 0.4) is 0 Å². The second-order valence-corrected chi connectivity index (χ2v) is 7.44. The molecular weight excluding hydrogens is 425 g/mol. The highest BCUT2D eigenvalue weighted by Gasteiger charge is 2.43. The summed E-state index contributed by atoms with van der Waals surface area (Å²) in [6, 6.07) is 10.8. The quantitative estimate of drug-likeness (QED) is 0.210. The number of carbonyl (C=O) groups excluding carboxylic acids is 3. The molecule has 0 fully saturated rings. The molecule has 0 aliphatic carbocycles. The monoisotopic (exact) mass is 439 g/mol. The van der Waals surface area contributed by atoms with E-state index in [2.05, 4.69) is 10.2 Å². The van der Waals surface area contributed by atoms with Crippen LogP contribution in [-0.4, -0.2) is 41.5 Å². The first-order valence-electron chi connectivity index (χ1n) is 8.01. The third kappa shape index (κ3) is 4.58. The van der Waals surface area contributed by atoms with Crippen molar-refractivity contribution in [3.8, 4) is 0 Å². The number of Topliss-reactive ketones (excluding diaryl/α,β-unsaturated/α-hetero) is 1. The minimum Gasteiger partial charge on any atom is -0.345 e. The molecule has 0 aliphatic rings. The van der Waals surface area contributed by atoms with E-state index in [-0.39, 0.29) is 21.8 Å². The Morgan fingerprint density at radius 2 is 1.64 bits per heavy atom. The molecule has 1 amide bonds. The van der Waals surface area contributed by atoms with Crippen molar-refractivity contribution < 1.29 is 14.4 Å². The molecule has 0 radical (unpaired) electrons. The van der Waals surface area contributed by atoms with Gasteiger partial charge in [-0.1, -0.05) is 46.9 Å². The Morgan fingerprint density at radius 3 is 2.21 bits per heavy atom. The number of azo groups is 1. The van der Waals surface area contributed by atoms with Gasteiger partial charge < -0.3 is 4.90 Å². The van der Waals surface area contributed by atoms with Gasteiger partial charge in [-0.05, 0) is 37.3 Å². The minimum absolute atomic E-state index is 0.0900. The lowest BCUT2D eigenvalue weighted by Gasteiger charge is -2.21. The molecule has 6 nitrogen and oxygen atoms in total. The van der Waals surface area contributed by atoms with Gasteiger partial charge in [0.15, 0.2) is 11.6 Å². The molecule has 1 unspecified atom stereocenters. The van der Waals surface area contributed by atoms with Crippen molar-refractivity contribution in [3.05, 3.63) is 63.6 Å². The lowest BCUT2D eigenvalue weighted by molar-refractivity contribution is -0.136. The SMILES string of the molecule is CC(=O)C(Cl)(N=Nc1ccc(Cl)cc1C(=O)c1ccccc1Cl)C(=O)N(C)C. The fraction of sp³-hybridized carbons (Fsp3) is 0.211. The normalized spacial score (nSPS) is 13.2. The fourth-order valence-electron chi connectivity index (χ4n) is 2.25. The lowest BCUT2D eigenvalue weighted by Crippen LogP contribution is -2.45. The Bertz CT molecular complexity index is 976. The third-order valence-corrected chi connectivity index (χ3v) is 4.84. The van der Waals surface area contributed by atoms with Crippen molar-refractivity contribution in [3.63, 3.8) is 0 Å². The molecular formula is C19H16Cl3N3O3. The largest absolute Gasteiger partial charge is 0.345 e. The Hall–Kier alpha value is -2.28. The van der Waals surface area contributed by atoms with Crippen LogP contribution in [0.25, 0.3) is 0 Å². The first-order valence-corrected chi connectivity index (χ1v) is 9.14. The molecule has 0 spiro atoms. The number of likely N-dealkylation sites (N-methyl/N-ethyl adjacent to an activating group) is 1. The van der Waals surface area contributed by atoms with Crippen LogP contribution in [0.4, 0.5) is 5.69 Å². The van der Waals surface area contributed by atoms with Crippen LogP contribution in [0, 0.1) is 0 Å². The highest BCUT2D eigenvalue weighted by Crippen LogP contribution is 2.31. The van der Waals surface area contributed by atoms with Crippen LogP contribution in [0.5, 0.6) is 0 Å². The number of nitrogens with zero attached hydrogens (tertiary/aromatic N) is 3. The number of alkyl halides is 1. The molecule has 0 aromatic heterocycles. The maximum Gasteiger partial charge on any atom is 0.289 e. The fourth-order valence-corrected chi connectivity index (χ4v) is 2.85. The van der Waals surface area contributed by atoms with Gasteiger partial charge in [-0.2, -0.15) is 5.11 Å². The molecule has 2 rings (SSSR count). The number of amides is 1. The van der Waals surface area contributed by atoms with Crippen LogP contribution in [-0.2, 0) is 9.59 Å². The first kappa shape index (κ1) is 22.0. The number of hydrogen-bond donors (Lipinski definition) is 0. The summed E-state index contributed by atoms with van der Waals surface area (Å²) in [6.45, 7) is 1.13. The predicted octanol–water partition coefficient (Wildman–Crippen LogP) is 4.92. The molecule has 0 N–H and O–H groups in total. The van der Waals surface area contributed by atoms with Crippen molar-refractivity contribution in [2.24, 2.45) is 10.2 Å². The topological polar surface area (TPSA) is 79.2 Å². The number of hydrogen-bond acceptors (Lipinski definition) is 5. The van der Waals surface area contributed by atoms with Gasteiger partial charge in [-0.25, -0.2) is 0 Å². The van der Waals surface area contributed by atoms with Gasteiger partial charge >= 0.3 is 0 Å². The molecule has 2 aromatic rings. The molecule has 1 atom stereocenters. The van der Waals surface area contributed by atoms with E-state index in [4.69, 9.17) is 34.8 Å². The van der Waals surface area contributed by atoms with E-state index >= 15 is 0 Å². The third-order valence-electron chi connectivity index (χ3n) is 3.77. The van der Waals surface area contributed by atoms with Crippen LogP contribution in [0.2, 0.25) is 10.0 Å². The maximum absolute atomic E-state index is 12.9. The molecule has 28 heavy (non-hydrogen) atoms. The zero-order valence-electron chi connectivity index (χ0n) is 15.2. The standard InChI is InChI=1S/C19H16Cl3N3O3/c1-11(26)19(22,18(28)25(2)3)24-23-16-9-8-12(20)10-14(16)17(27)13-6-4-5-7-15(13)21/h4-10H,1-3H3. The smallest absolute Gasteiger partial charge is 0.289 e. The highest BCUT2D eigenvalue weighted by molar-refractivity contribution is 6.45. The summed E-state index contributed by atoms with van der Waals surface area (Å²) in [6.07, 6.45) is 0. The molecule has 0 saturated carbocycles. The Balaban J connectivity index is 2.54. The van der Waals surface area contributed by atoms with Crippen molar-refractivity contribution in [1.29, 1.82) is 0 Å². The van der Waals surface area contributed by atoms with Crippen LogP contribution < -0.4 is 0 Å². The second-order valence-electron chi connectivity index (χ2n) is 6.05. The van der Waals surface area contributed by atoms with E-state index in [0.29, 0.717) is 5.02 Å². The van der Waals surface area contributed by atoms with Crippen molar-refractivity contribution in [1.82, 2.24) is 4.90 Å². The van der Waals surface area contributed by atoms with E-state index in [1.165, 1.54) is 32.3 Å². The van der Waals surface area contributed by atoms with Gasteiger partial charge in [-0.3, -0.25) is 14.4 Å². The van der Waals surface area contributed by atoms with Crippen molar-refractivity contribution >= 4 is 58.0 Å². The van der Waals surface area contributed by atoms with Crippen LogP contribution in [0.15, 0.2) is 52.7 Å². The summed E-state index contributed by atoms with van der Waals surface area (Å²) < 4.78 is 0. The number of ketones is 2. The van der Waals surface area contributed by atoms with E-state index in [1.54, 1.807) is 24.3 Å². The average molecular weight is 441 g/mol. The molecule has 2 aromatic carbocycles.